The van der Waals surface area contributed by atoms with Crippen LogP contribution in [0.5, 0.6) is 0 Å². The van der Waals surface area contributed by atoms with Crippen LogP contribution >= 0.6 is 0 Å². The molecule has 2 N–H and O–H groups in total. The zero-order valence-electron chi connectivity index (χ0n) is 10.9. The van der Waals surface area contributed by atoms with Gasteiger partial charge in [-0.2, -0.15) is 0 Å². The fourth-order valence-corrected chi connectivity index (χ4v) is 1.37. The van der Waals surface area contributed by atoms with Gasteiger partial charge in [0, 0.05) is 18.5 Å². The Bertz CT molecular complexity index is 454. The SMILES string of the molecule is CCOC(=O)CCNc1cc(=O)[nH]c(C(C)C)n1. The first-order valence-electron chi connectivity index (χ1n) is 6.03. The van der Waals surface area contributed by atoms with E-state index in [0.29, 0.717) is 24.8 Å². The van der Waals surface area contributed by atoms with Crippen LogP contribution < -0.4 is 10.9 Å². The molecule has 0 atom stereocenters. The predicted octanol–water partition coefficient (Wildman–Crippen LogP) is 1.26. The number of ether oxygens (including phenoxy) is 1. The van der Waals surface area contributed by atoms with Gasteiger partial charge in [-0.05, 0) is 6.92 Å². The van der Waals surface area contributed by atoms with E-state index in [4.69, 9.17) is 4.74 Å². The molecule has 1 aromatic heterocycles. The van der Waals surface area contributed by atoms with E-state index in [1.807, 2.05) is 13.8 Å². The fraction of sp³-hybridized carbons (Fsp3) is 0.583. The second kappa shape index (κ2) is 6.78. The highest BCUT2D eigenvalue weighted by atomic mass is 16.5. The number of hydrogen-bond donors (Lipinski definition) is 2. The average Bonchev–Trinajstić information content (AvgIpc) is 2.28. The summed E-state index contributed by atoms with van der Waals surface area (Å²) in [4.78, 5) is 29.4. The second-order valence-electron chi connectivity index (χ2n) is 4.15. The number of rotatable bonds is 6. The lowest BCUT2D eigenvalue weighted by atomic mass is 10.2. The molecule has 18 heavy (non-hydrogen) atoms. The molecule has 6 heteroatoms. The van der Waals surface area contributed by atoms with E-state index in [9.17, 15) is 9.59 Å². The maximum absolute atomic E-state index is 11.4. The molecule has 1 rings (SSSR count). The average molecular weight is 253 g/mol. The lowest BCUT2D eigenvalue weighted by Gasteiger charge is -2.08. The topological polar surface area (TPSA) is 84.1 Å². The van der Waals surface area contributed by atoms with Gasteiger partial charge in [-0.1, -0.05) is 13.8 Å². The number of esters is 1. The summed E-state index contributed by atoms with van der Waals surface area (Å²) < 4.78 is 4.80. The van der Waals surface area contributed by atoms with Gasteiger partial charge in [0.2, 0.25) is 0 Å². The van der Waals surface area contributed by atoms with Crippen LogP contribution in [0.2, 0.25) is 0 Å². The van der Waals surface area contributed by atoms with Crippen molar-refractivity contribution < 1.29 is 9.53 Å². The molecular formula is C12H19N3O3. The number of nitrogens with one attached hydrogen (secondary N) is 2. The minimum Gasteiger partial charge on any atom is -0.466 e. The molecule has 0 unspecified atom stereocenters. The van der Waals surface area contributed by atoms with Crippen molar-refractivity contribution in [2.45, 2.75) is 33.1 Å². The fourth-order valence-electron chi connectivity index (χ4n) is 1.37. The third-order valence-electron chi connectivity index (χ3n) is 2.25. The van der Waals surface area contributed by atoms with Crippen LogP contribution in [0.15, 0.2) is 10.9 Å². The number of hydrogen-bond acceptors (Lipinski definition) is 5. The number of nitrogens with zero attached hydrogens (tertiary/aromatic N) is 1. The van der Waals surface area contributed by atoms with E-state index in [2.05, 4.69) is 15.3 Å². The van der Waals surface area contributed by atoms with Gasteiger partial charge in [0.15, 0.2) is 0 Å². The van der Waals surface area contributed by atoms with Gasteiger partial charge < -0.3 is 15.0 Å². The number of carbonyl (C=O) groups excluding carboxylic acids is 1. The maximum Gasteiger partial charge on any atom is 0.307 e. The van der Waals surface area contributed by atoms with Crippen LogP contribution in [0, 0.1) is 0 Å². The van der Waals surface area contributed by atoms with Crippen molar-refractivity contribution in [3.63, 3.8) is 0 Å². The van der Waals surface area contributed by atoms with Gasteiger partial charge in [0.05, 0.1) is 13.0 Å². The van der Waals surface area contributed by atoms with E-state index in [0.717, 1.165) is 0 Å². The Labute approximate surface area is 106 Å². The molecule has 0 aliphatic carbocycles. The molecule has 0 aromatic carbocycles. The van der Waals surface area contributed by atoms with Crippen molar-refractivity contribution in [3.05, 3.63) is 22.2 Å². The summed E-state index contributed by atoms with van der Waals surface area (Å²) in [5.74, 6) is 0.983. The number of aromatic nitrogens is 2. The highest BCUT2D eigenvalue weighted by Gasteiger charge is 2.06. The van der Waals surface area contributed by atoms with Gasteiger partial charge in [0.25, 0.3) is 5.56 Å². The predicted molar refractivity (Wildman–Crippen MR) is 68.7 cm³/mol. The minimum absolute atomic E-state index is 0.143. The molecule has 6 nitrogen and oxygen atoms in total. The quantitative estimate of drug-likeness (QED) is 0.745. The van der Waals surface area contributed by atoms with Crippen LogP contribution in [-0.2, 0) is 9.53 Å². The van der Waals surface area contributed by atoms with Crippen LogP contribution in [0.1, 0.15) is 38.9 Å². The van der Waals surface area contributed by atoms with Crippen molar-refractivity contribution >= 4 is 11.8 Å². The summed E-state index contributed by atoms with van der Waals surface area (Å²) in [7, 11) is 0. The number of anilines is 1. The molecule has 0 aliphatic heterocycles. The van der Waals surface area contributed by atoms with Crippen LogP contribution in [0.25, 0.3) is 0 Å². The van der Waals surface area contributed by atoms with E-state index >= 15 is 0 Å². The Morgan fingerprint density at radius 3 is 2.89 bits per heavy atom. The van der Waals surface area contributed by atoms with Gasteiger partial charge in [-0.3, -0.25) is 9.59 Å². The van der Waals surface area contributed by atoms with Crippen LogP contribution in [0.3, 0.4) is 0 Å². The Hall–Kier alpha value is -1.85. The van der Waals surface area contributed by atoms with Gasteiger partial charge in [-0.25, -0.2) is 4.98 Å². The molecule has 1 aromatic rings. The number of H-pyrrole nitrogens is 1. The van der Waals surface area contributed by atoms with E-state index in [1.54, 1.807) is 6.92 Å². The summed E-state index contributed by atoms with van der Waals surface area (Å²) in [6.45, 7) is 6.42. The van der Waals surface area contributed by atoms with Gasteiger partial charge in [-0.15, -0.1) is 0 Å². The van der Waals surface area contributed by atoms with Gasteiger partial charge >= 0.3 is 5.97 Å². The molecule has 0 saturated carbocycles. The number of aromatic amines is 1. The first-order valence-corrected chi connectivity index (χ1v) is 6.03. The molecule has 100 valence electrons. The first-order chi connectivity index (χ1) is 8.52. The lowest BCUT2D eigenvalue weighted by Crippen LogP contribution is -2.17. The van der Waals surface area contributed by atoms with Gasteiger partial charge in [0.1, 0.15) is 11.6 Å². The Balaban J connectivity index is 2.57. The largest absolute Gasteiger partial charge is 0.466 e. The number of carbonyl (C=O) groups is 1. The van der Waals surface area contributed by atoms with Crippen molar-refractivity contribution in [3.8, 4) is 0 Å². The molecule has 0 bridgehead atoms. The van der Waals surface area contributed by atoms with E-state index < -0.39 is 0 Å². The molecule has 1 heterocycles. The lowest BCUT2D eigenvalue weighted by molar-refractivity contribution is -0.142. The smallest absolute Gasteiger partial charge is 0.307 e. The van der Waals surface area contributed by atoms with Crippen LogP contribution in [-0.4, -0.2) is 29.1 Å². The molecule has 0 saturated heterocycles. The van der Waals surface area contributed by atoms with Crippen molar-refractivity contribution in [1.82, 2.24) is 9.97 Å². The minimum atomic E-state index is -0.265. The molecular weight excluding hydrogens is 234 g/mol. The van der Waals surface area contributed by atoms with Crippen molar-refractivity contribution in [1.29, 1.82) is 0 Å². The Kier molecular flexibility index (Phi) is 5.35. The van der Waals surface area contributed by atoms with Crippen molar-refractivity contribution in [2.24, 2.45) is 0 Å². The maximum atomic E-state index is 11.4. The third kappa shape index (κ3) is 4.57. The standard InChI is InChI=1S/C12H19N3O3/c1-4-18-11(17)5-6-13-9-7-10(16)15-12(14-9)8(2)3/h7-8H,4-6H2,1-3H3,(H2,13,14,15,16). The monoisotopic (exact) mass is 253 g/mol. The van der Waals surface area contributed by atoms with Crippen LogP contribution in [0.4, 0.5) is 5.82 Å². The Morgan fingerprint density at radius 2 is 2.28 bits per heavy atom. The normalized spacial score (nSPS) is 10.4. The summed E-state index contributed by atoms with van der Waals surface area (Å²) in [6, 6.07) is 1.37. The molecule has 0 amide bonds. The summed E-state index contributed by atoms with van der Waals surface area (Å²) in [5.41, 5.74) is -0.202. The molecule has 0 radical (unpaired) electrons. The van der Waals surface area contributed by atoms with E-state index in [1.165, 1.54) is 6.07 Å². The second-order valence-corrected chi connectivity index (χ2v) is 4.15. The highest BCUT2D eigenvalue weighted by molar-refractivity contribution is 5.69. The van der Waals surface area contributed by atoms with Crippen molar-refractivity contribution in [2.75, 3.05) is 18.5 Å². The molecule has 0 spiro atoms. The summed E-state index contributed by atoms with van der Waals surface area (Å²) in [6.07, 6.45) is 0.249. The third-order valence-corrected chi connectivity index (χ3v) is 2.25. The zero-order chi connectivity index (χ0) is 13.5. The Morgan fingerprint density at radius 1 is 1.56 bits per heavy atom. The summed E-state index contributed by atoms with van der Waals surface area (Å²) in [5, 5.41) is 2.94. The summed E-state index contributed by atoms with van der Waals surface area (Å²) >= 11 is 0. The molecule has 0 fully saturated rings. The van der Waals surface area contributed by atoms with E-state index in [-0.39, 0.29) is 23.9 Å². The highest BCUT2D eigenvalue weighted by Crippen LogP contribution is 2.08. The first kappa shape index (κ1) is 14.2. The molecule has 0 aliphatic rings. The zero-order valence-corrected chi connectivity index (χ0v) is 10.9.